The molecule has 0 saturated carbocycles. The summed E-state index contributed by atoms with van der Waals surface area (Å²) >= 11 is 0. The van der Waals surface area contributed by atoms with Crippen molar-refractivity contribution >= 4 is 22.8 Å². The lowest BCUT2D eigenvalue weighted by atomic mass is 9.95. The van der Waals surface area contributed by atoms with Gasteiger partial charge in [0.25, 0.3) is 5.91 Å². The summed E-state index contributed by atoms with van der Waals surface area (Å²) in [5, 5.41) is 3.23. The molecule has 1 aliphatic rings. The van der Waals surface area contributed by atoms with Crippen LogP contribution in [0.2, 0.25) is 0 Å². The molecule has 8 heteroatoms. The number of hydrogen-bond acceptors (Lipinski definition) is 7. The Morgan fingerprint density at radius 2 is 1.88 bits per heavy atom. The Hall–Kier alpha value is -3.81. The summed E-state index contributed by atoms with van der Waals surface area (Å²) in [4.78, 5) is 36.5. The van der Waals surface area contributed by atoms with Gasteiger partial charge in [0, 0.05) is 22.6 Å². The van der Waals surface area contributed by atoms with Gasteiger partial charge in [0.2, 0.25) is 6.79 Å². The fourth-order valence-corrected chi connectivity index (χ4v) is 3.63. The number of fused-ring (bicyclic) bond motifs is 2. The molecule has 0 spiro atoms. The number of hydrogen-bond donors (Lipinski definition) is 1. The van der Waals surface area contributed by atoms with E-state index in [1.165, 1.54) is 6.07 Å². The molecule has 1 aromatic heterocycles. The average molecular weight is 437 g/mol. The lowest BCUT2D eigenvalue weighted by molar-refractivity contribution is -0.143. The third-order valence-electron chi connectivity index (χ3n) is 5.26. The molecular formula is C24H23NO7. The molecule has 0 atom stereocenters. The van der Waals surface area contributed by atoms with Gasteiger partial charge in [-0.1, -0.05) is 13.8 Å². The Kier molecular flexibility index (Phi) is 5.85. The van der Waals surface area contributed by atoms with Crippen LogP contribution in [0.3, 0.4) is 0 Å². The Labute approximate surface area is 184 Å². The van der Waals surface area contributed by atoms with E-state index in [9.17, 15) is 14.4 Å². The molecule has 1 N–H and O–H groups in total. The van der Waals surface area contributed by atoms with Crippen molar-refractivity contribution < 1.29 is 28.2 Å². The van der Waals surface area contributed by atoms with Crippen LogP contribution in [0.4, 0.5) is 0 Å². The highest BCUT2D eigenvalue weighted by atomic mass is 16.7. The van der Waals surface area contributed by atoms with E-state index < -0.39 is 17.5 Å². The fraction of sp³-hybridized carbons (Fsp3) is 0.292. The fourth-order valence-electron chi connectivity index (χ4n) is 3.63. The molecular weight excluding hydrogens is 414 g/mol. The molecule has 0 unspecified atom stereocenters. The number of rotatable bonds is 6. The Balaban J connectivity index is 1.42. The number of ether oxygens (including phenoxy) is 3. The van der Waals surface area contributed by atoms with Crippen molar-refractivity contribution in [1.82, 2.24) is 5.32 Å². The number of esters is 1. The monoisotopic (exact) mass is 437 g/mol. The molecule has 4 rings (SSSR count). The number of carbonyl (C=O) groups excluding carboxylic acids is 2. The van der Waals surface area contributed by atoms with Crippen molar-refractivity contribution in [2.45, 2.75) is 33.3 Å². The molecule has 2 heterocycles. The van der Waals surface area contributed by atoms with Gasteiger partial charge in [0.15, 0.2) is 11.5 Å². The van der Waals surface area contributed by atoms with Crippen LogP contribution in [0, 0.1) is 6.92 Å². The Morgan fingerprint density at radius 1 is 1.09 bits per heavy atom. The molecule has 0 radical (unpaired) electrons. The largest absolute Gasteiger partial charge is 0.459 e. The molecule has 8 nitrogen and oxygen atoms in total. The predicted octanol–water partition coefficient (Wildman–Crippen LogP) is 3.43. The number of benzene rings is 2. The van der Waals surface area contributed by atoms with Gasteiger partial charge in [0.05, 0.1) is 0 Å². The number of amides is 1. The zero-order valence-corrected chi connectivity index (χ0v) is 18.0. The van der Waals surface area contributed by atoms with E-state index >= 15 is 0 Å². The van der Waals surface area contributed by atoms with E-state index in [-0.39, 0.29) is 25.9 Å². The number of carbonyl (C=O) groups is 2. The summed E-state index contributed by atoms with van der Waals surface area (Å²) in [5.41, 5.74) is 2.96. The molecule has 1 amide bonds. The number of aryl methyl sites for hydroxylation is 1. The first-order valence-corrected chi connectivity index (χ1v) is 10.2. The minimum atomic E-state index is -0.628. The van der Waals surface area contributed by atoms with Crippen molar-refractivity contribution in [1.29, 1.82) is 0 Å². The number of nitrogens with one attached hydrogen (secondary N) is 1. The summed E-state index contributed by atoms with van der Waals surface area (Å²) in [6, 6.07) is 9.87. The topological polar surface area (TPSA) is 104 Å². The van der Waals surface area contributed by atoms with Crippen molar-refractivity contribution in [3.05, 3.63) is 69.1 Å². The van der Waals surface area contributed by atoms with Crippen LogP contribution in [0.5, 0.6) is 11.5 Å². The zero-order valence-electron chi connectivity index (χ0n) is 18.0. The second-order valence-electron chi connectivity index (χ2n) is 7.86. The molecule has 32 heavy (non-hydrogen) atoms. The van der Waals surface area contributed by atoms with Crippen LogP contribution in [0.25, 0.3) is 11.0 Å². The predicted molar refractivity (Wildman–Crippen MR) is 116 cm³/mol. The van der Waals surface area contributed by atoms with Crippen LogP contribution in [0.1, 0.15) is 46.8 Å². The van der Waals surface area contributed by atoms with Gasteiger partial charge < -0.3 is 23.9 Å². The van der Waals surface area contributed by atoms with Crippen molar-refractivity contribution in [3.63, 3.8) is 0 Å². The van der Waals surface area contributed by atoms with E-state index in [0.29, 0.717) is 28.2 Å². The van der Waals surface area contributed by atoms with E-state index in [1.807, 2.05) is 19.1 Å². The summed E-state index contributed by atoms with van der Waals surface area (Å²) < 4.78 is 21.1. The van der Waals surface area contributed by atoms with Gasteiger partial charge in [-0.15, -0.1) is 0 Å². The van der Waals surface area contributed by atoms with Crippen LogP contribution < -0.4 is 20.4 Å². The maximum atomic E-state index is 12.3. The second-order valence-corrected chi connectivity index (χ2v) is 7.86. The molecule has 166 valence electrons. The zero-order chi connectivity index (χ0) is 22.8. The van der Waals surface area contributed by atoms with E-state index in [4.69, 9.17) is 18.6 Å². The van der Waals surface area contributed by atoms with E-state index in [0.717, 1.165) is 16.5 Å². The van der Waals surface area contributed by atoms with Crippen LogP contribution in [0.15, 0.2) is 45.6 Å². The van der Waals surface area contributed by atoms with Gasteiger partial charge in [-0.05, 0) is 54.3 Å². The smallest absolute Gasteiger partial charge is 0.336 e. The minimum Gasteiger partial charge on any atom is -0.459 e. The summed E-state index contributed by atoms with van der Waals surface area (Å²) in [7, 11) is 0. The van der Waals surface area contributed by atoms with Crippen LogP contribution in [-0.2, 0) is 16.1 Å². The first-order valence-electron chi connectivity index (χ1n) is 10.2. The van der Waals surface area contributed by atoms with Gasteiger partial charge in [0.1, 0.15) is 18.7 Å². The van der Waals surface area contributed by atoms with Gasteiger partial charge in [-0.2, -0.15) is 0 Å². The van der Waals surface area contributed by atoms with E-state index in [1.54, 1.807) is 18.2 Å². The minimum absolute atomic E-state index is 0.109. The SMILES string of the molecule is Cc1cc2oc(=O)cc(COC(=O)CNC(=O)c3ccc4c(c3)OCO4)c2cc1C(C)C. The molecule has 0 aliphatic carbocycles. The molecule has 3 aromatic rings. The maximum Gasteiger partial charge on any atom is 0.336 e. The molecule has 0 saturated heterocycles. The normalized spacial score (nSPS) is 12.2. The molecule has 0 bridgehead atoms. The van der Waals surface area contributed by atoms with Gasteiger partial charge in [-0.25, -0.2) is 4.79 Å². The standard InChI is InChI=1S/C24H23NO7/c1-13(2)17-9-18-16(8-22(26)32-20(18)6-14(17)3)11-29-23(27)10-25-24(28)15-4-5-19-21(7-15)31-12-30-19/h4-9,13H,10-12H2,1-3H3,(H,25,28). The Morgan fingerprint density at radius 3 is 2.66 bits per heavy atom. The maximum absolute atomic E-state index is 12.3. The second kappa shape index (κ2) is 8.74. The summed E-state index contributed by atoms with van der Waals surface area (Å²) in [5.74, 6) is 0.260. The van der Waals surface area contributed by atoms with Crippen LogP contribution >= 0.6 is 0 Å². The lowest BCUT2D eigenvalue weighted by Gasteiger charge is -2.13. The lowest BCUT2D eigenvalue weighted by Crippen LogP contribution is -2.30. The third-order valence-corrected chi connectivity index (χ3v) is 5.26. The average Bonchev–Trinajstić information content (AvgIpc) is 3.22. The Bertz CT molecular complexity index is 1260. The molecule has 1 aliphatic heterocycles. The van der Waals surface area contributed by atoms with Gasteiger partial charge >= 0.3 is 11.6 Å². The molecule has 0 fully saturated rings. The van der Waals surface area contributed by atoms with Crippen LogP contribution in [-0.4, -0.2) is 25.2 Å². The highest BCUT2D eigenvalue weighted by molar-refractivity contribution is 5.96. The molecule has 2 aromatic carbocycles. The van der Waals surface area contributed by atoms with Gasteiger partial charge in [-0.3, -0.25) is 9.59 Å². The first-order chi connectivity index (χ1) is 15.3. The summed E-state index contributed by atoms with van der Waals surface area (Å²) in [6.07, 6.45) is 0. The first kappa shape index (κ1) is 21.4. The quantitative estimate of drug-likeness (QED) is 0.465. The van der Waals surface area contributed by atoms with Crippen molar-refractivity contribution in [3.8, 4) is 11.5 Å². The van der Waals surface area contributed by atoms with Crippen molar-refractivity contribution in [2.75, 3.05) is 13.3 Å². The summed E-state index contributed by atoms with van der Waals surface area (Å²) in [6.45, 7) is 5.80. The van der Waals surface area contributed by atoms with E-state index in [2.05, 4.69) is 19.2 Å². The van der Waals surface area contributed by atoms with Crippen molar-refractivity contribution in [2.24, 2.45) is 0 Å². The highest BCUT2D eigenvalue weighted by Crippen LogP contribution is 2.32. The highest BCUT2D eigenvalue weighted by Gasteiger charge is 2.17. The third kappa shape index (κ3) is 4.44.